The first-order chi connectivity index (χ1) is 14.4. The summed E-state index contributed by atoms with van der Waals surface area (Å²) < 4.78 is 34.9. The number of anilines is 1. The van der Waals surface area contributed by atoms with Crippen molar-refractivity contribution in [3.63, 3.8) is 0 Å². The number of methoxy groups -OCH3 is 1. The Kier molecular flexibility index (Phi) is 6.78. The summed E-state index contributed by atoms with van der Waals surface area (Å²) in [5.41, 5.74) is -0.165. The molecule has 0 spiro atoms. The highest BCUT2D eigenvalue weighted by Gasteiger charge is 2.50. The van der Waals surface area contributed by atoms with Crippen LogP contribution in [0.2, 0.25) is 5.02 Å². The van der Waals surface area contributed by atoms with Gasteiger partial charge in [0.25, 0.3) is 5.91 Å². The van der Waals surface area contributed by atoms with Crippen molar-refractivity contribution in [1.82, 2.24) is 5.32 Å². The third-order valence-corrected chi connectivity index (χ3v) is 7.92. The molecule has 0 saturated carbocycles. The summed E-state index contributed by atoms with van der Waals surface area (Å²) in [7, 11) is -1.73. The maximum atomic E-state index is 12.4. The van der Waals surface area contributed by atoms with Crippen LogP contribution in [0.25, 0.3) is 0 Å². The molecular weight excluding hydrogens is 466 g/mol. The fraction of sp³-hybridized carbons (Fsp3) is 0.526. The van der Waals surface area contributed by atoms with E-state index in [2.05, 4.69) is 10.3 Å². The van der Waals surface area contributed by atoms with Crippen LogP contribution in [0.3, 0.4) is 0 Å². The summed E-state index contributed by atoms with van der Waals surface area (Å²) in [6.45, 7) is 4.79. The van der Waals surface area contributed by atoms with E-state index in [-0.39, 0.29) is 23.3 Å². The molecule has 3 rings (SSSR count). The van der Waals surface area contributed by atoms with Gasteiger partial charge < -0.3 is 19.7 Å². The Labute approximate surface area is 190 Å². The zero-order valence-corrected chi connectivity index (χ0v) is 19.9. The second kappa shape index (κ2) is 8.87. The fourth-order valence-electron chi connectivity index (χ4n) is 3.31. The predicted molar refractivity (Wildman–Crippen MR) is 121 cm³/mol. The molecule has 2 aliphatic rings. The Morgan fingerprint density at radius 2 is 2.03 bits per heavy atom. The van der Waals surface area contributed by atoms with E-state index < -0.39 is 33.5 Å². The number of ether oxygens (including phenoxy) is 2. The molecule has 0 aromatic heterocycles. The first-order valence-corrected chi connectivity index (χ1v) is 12.5. The van der Waals surface area contributed by atoms with Gasteiger partial charge in [-0.15, -0.1) is 0 Å². The summed E-state index contributed by atoms with van der Waals surface area (Å²) in [5.74, 6) is -0.196. The largest absolute Gasteiger partial charge is 0.495 e. The molecule has 2 amide bonds. The minimum atomic E-state index is -3.22. The van der Waals surface area contributed by atoms with Gasteiger partial charge in [-0.25, -0.2) is 13.2 Å². The molecule has 0 bridgehead atoms. The van der Waals surface area contributed by atoms with Gasteiger partial charge in [0.05, 0.1) is 30.3 Å². The van der Waals surface area contributed by atoms with E-state index in [1.54, 1.807) is 43.9 Å². The van der Waals surface area contributed by atoms with E-state index >= 15 is 0 Å². The van der Waals surface area contributed by atoms with Crippen molar-refractivity contribution in [3.05, 3.63) is 23.2 Å². The molecule has 1 aromatic rings. The third kappa shape index (κ3) is 5.83. The molecule has 1 N–H and O–H groups in total. The van der Waals surface area contributed by atoms with E-state index in [4.69, 9.17) is 21.1 Å². The number of amides is 2. The number of hydrogen-bond donors (Lipinski definition) is 1. The van der Waals surface area contributed by atoms with Gasteiger partial charge in [-0.2, -0.15) is 4.99 Å². The van der Waals surface area contributed by atoms with Crippen LogP contribution >= 0.6 is 23.4 Å². The number of halogens is 1. The lowest BCUT2D eigenvalue weighted by Crippen LogP contribution is -2.39. The first-order valence-electron chi connectivity index (χ1n) is 9.47. The zero-order valence-electron chi connectivity index (χ0n) is 17.5. The second-order valence-electron chi connectivity index (χ2n) is 8.13. The monoisotopic (exact) mass is 489 g/mol. The second-order valence-corrected chi connectivity index (χ2v) is 11.9. The van der Waals surface area contributed by atoms with Crippen molar-refractivity contribution >= 4 is 56.1 Å². The van der Waals surface area contributed by atoms with Gasteiger partial charge in [0.15, 0.2) is 15.0 Å². The normalized spacial score (nSPS) is 23.5. The molecule has 2 heterocycles. The van der Waals surface area contributed by atoms with Crippen molar-refractivity contribution in [3.8, 4) is 5.75 Å². The smallest absolute Gasteiger partial charge is 0.408 e. The molecule has 170 valence electrons. The molecule has 2 fully saturated rings. The Balaban J connectivity index is 1.86. The highest BCUT2D eigenvalue weighted by Crippen LogP contribution is 2.44. The van der Waals surface area contributed by atoms with Crippen molar-refractivity contribution < 1.29 is 27.5 Å². The number of carbonyl (C=O) groups is 2. The molecule has 1 aromatic carbocycles. The maximum Gasteiger partial charge on any atom is 0.408 e. The molecule has 31 heavy (non-hydrogen) atoms. The zero-order chi connectivity index (χ0) is 23.0. The van der Waals surface area contributed by atoms with Gasteiger partial charge in [0.2, 0.25) is 0 Å². The van der Waals surface area contributed by atoms with Gasteiger partial charge in [-0.05, 0) is 39.0 Å². The number of benzene rings is 1. The number of sulfone groups is 1. The number of thioether (sulfide) groups is 1. The summed E-state index contributed by atoms with van der Waals surface area (Å²) >= 11 is 7.38. The number of nitrogens with one attached hydrogen (secondary N) is 1. The van der Waals surface area contributed by atoms with Crippen LogP contribution in [0.5, 0.6) is 5.75 Å². The highest BCUT2D eigenvalue weighted by atomic mass is 35.5. The molecule has 2 atom stereocenters. The van der Waals surface area contributed by atoms with E-state index in [1.165, 1.54) is 18.9 Å². The van der Waals surface area contributed by atoms with Gasteiger partial charge in [-0.1, -0.05) is 23.4 Å². The summed E-state index contributed by atoms with van der Waals surface area (Å²) in [4.78, 5) is 30.1. The lowest BCUT2D eigenvalue weighted by atomic mass is 10.2. The van der Waals surface area contributed by atoms with Crippen LogP contribution in [0.4, 0.5) is 10.5 Å². The average Bonchev–Trinajstić information content (AvgIpc) is 3.09. The predicted octanol–water partition coefficient (Wildman–Crippen LogP) is 2.47. The molecule has 9 nitrogen and oxygen atoms in total. The molecule has 0 aliphatic carbocycles. The quantitative estimate of drug-likeness (QED) is 0.686. The SMILES string of the molecule is COc1ccc(Cl)cc1N1C(=NC(=O)CNC(=O)OC(C)(C)C)S[C@H]2CS(=O)(=O)C[C@H]21. The van der Waals surface area contributed by atoms with Crippen LogP contribution < -0.4 is 15.0 Å². The third-order valence-electron chi connectivity index (χ3n) is 4.47. The van der Waals surface area contributed by atoms with Gasteiger partial charge >= 0.3 is 6.09 Å². The summed E-state index contributed by atoms with van der Waals surface area (Å²) in [5, 5.41) is 2.86. The first kappa shape index (κ1) is 23.7. The van der Waals surface area contributed by atoms with Crippen molar-refractivity contribution in [2.75, 3.05) is 30.1 Å². The fourth-order valence-corrected chi connectivity index (χ4v) is 7.40. The lowest BCUT2D eigenvalue weighted by molar-refractivity contribution is -0.117. The minimum absolute atomic E-state index is 0.00885. The van der Waals surface area contributed by atoms with Crippen LogP contribution in [0.15, 0.2) is 23.2 Å². The molecular formula is C19H24ClN3O6S2. The van der Waals surface area contributed by atoms with Crippen LogP contribution in [-0.2, 0) is 19.4 Å². The number of aliphatic imine (C=N–C) groups is 1. The van der Waals surface area contributed by atoms with Crippen LogP contribution in [-0.4, -0.2) is 67.6 Å². The number of alkyl carbamates (subject to hydrolysis) is 1. The van der Waals surface area contributed by atoms with Gasteiger partial charge in [-0.3, -0.25) is 4.79 Å². The summed E-state index contributed by atoms with van der Waals surface area (Å²) in [6.07, 6.45) is -0.726. The van der Waals surface area contributed by atoms with Gasteiger partial charge in [0, 0.05) is 10.3 Å². The van der Waals surface area contributed by atoms with E-state index in [1.807, 2.05) is 0 Å². The summed E-state index contributed by atoms with van der Waals surface area (Å²) in [6, 6.07) is 4.56. The van der Waals surface area contributed by atoms with E-state index in [0.29, 0.717) is 21.6 Å². The van der Waals surface area contributed by atoms with Gasteiger partial charge in [0.1, 0.15) is 17.9 Å². The number of nitrogens with zero attached hydrogens (tertiary/aromatic N) is 2. The number of rotatable bonds is 4. The maximum absolute atomic E-state index is 12.4. The number of hydrogen-bond acceptors (Lipinski definition) is 7. The molecule has 2 saturated heterocycles. The number of carbonyl (C=O) groups excluding carboxylic acids is 2. The minimum Gasteiger partial charge on any atom is -0.495 e. The topological polar surface area (TPSA) is 114 Å². The molecule has 2 aliphatic heterocycles. The van der Waals surface area contributed by atoms with Crippen molar-refractivity contribution in [2.45, 2.75) is 37.7 Å². The Hall–Kier alpha value is -1.98. The van der Waals surface area contributed by atoms with Crippen molar-refractivity contribution in [2.24, 2.45) is 4.99 Å². The number of amidine groups is 1. The van der Waals surface area contributed by atoms with Crippen LogP contribution in [0, 0.1) is 0 Å². The highest BCUT2D eigenvalue weighted by molar-refractivity contribution is 8.16. The van der Waals surface area contributed by atoms with E-state index in [0.717, 1.165) is 0 Å². The number of fused-ring (bicyclic) bond motifs is 1. The van der Waals surface area contributed by atoms with Crippen LogP contribution in [0.1, 0.15) is 20.8 Å². The molecule has 0 unspecified atom stereocenters. The Bertz CT molecular complexity index is 1020. The Morgan fingerprint density at radius 3 is 2.68 bits per heavy atom. The van der Waals surface area contributed by atoms with Crippen molar-refractivity contribution in [1.29, 1.82) is 0 Å². The Morgan fingerprint density at radius 1 is 1.32 bits per heavy atom. The average molecular weight is 490 g/mol. The lowest BCUT2D eigenvalue weighted by Gasteiger charge is -2.26. The molecule has 12 heteroatoms. The standard InChI is InChI=1S/C19H24ClN3O6S2/c1-19(2,3)29-18(25)21-8-16(24)22-17-23(12-7-11(20)5-6-14(12)28-4)13-9-31(26,27)10-15(13)30-17/h5-7,13,15H,8-10H2,1-4H3,(H,21,25)/t13-,15+/m1/s1. The molecule has 0 radical (unpaired) electrons. The van der Waals surface area contributed by atoms with E-state index in [9.17, 15) is 18.0 Å².